The molecule has 15 heavy (non-hydrogen) atoms. The fraction of sp³-hybridized carbons (Fsp3) is 0. The Morgan fingerprint density at radius 1 is 1.40 bits per heavy atom. The number of hydrogen-bond acceptors (Lipinski definition) is 3. The Kier molecular flexibility index (Phi) is 2.55. The number of benzene rings is 1. The molecule has 1 aromatic carbocycles. The van der Waals surface area contributed by atoms with Gasteiger partial charge in [0.25, 0.3) is 0 Å². The largest absolute Gasteiger partial charge is 0.476 e. The van der Waals surface area contributed by atoms with Crippen molar-refractivity contribution in [3.63, 3.8) is 0 Å². The minimum absolute atomic E-state index is 0.0965. The SMILES string of the molecule is O=C(O)c1coc(-c2ccccc2Br)n1. The fourth-order valence-electron chi connectivity index (χ4n) is 1.13. The first kappa shape index (κ1) is 9.92. The van der Waals surface area contributed by atoms with Crippen molar-refractivity contribution in [3.8, 4) is 11.5 Å². The Morgan fingerprint density at radius 3 is 2.73 bits per heavy atom. The van der Waals surface area contributed by atoms with Crippen LogP contribution >= 0.6 is 15.9 Å². The number of aromatic nitrogens is 1. The summed E-state index contributed by atoms with van der Waals surface area (Å²) in [6.45, 7) is 0. The first-order valence-corrected chi connectivity index (χ1v) is 4.91. The van der Waals surface area contributed by atoms with Gasteiger partial charge in [-0.05, 0) is 28.1 Å². The molecule has 1 aromatic heterocycles. The quantitative estimate of drug-likeness (QED) is 0.909. The van der Waals surface area contributed by atoms with Crippen molar-refractivity contribution in [1.29, 1.82) is 0 Å². The zero-order valence-electron chi connectivity index (χ0n) is 7.48. The number of carboxylic acid groups (broad SMARTS) is 1. The molecule has 0 aliphatic heterocycles. The number of rotatable bonds is 2. The number of aromatic carboxylic acids is 1. The molecule has 0 unspecified atom stereocenters. The van der Waals surface area contributed by atoms with Crippen LogP contribution in [-0.4, -0.2) is 16.1 Å². The summed E-state index contributed by atoms with van der Waals surface area (Å²) in [6, 6.07) is 7.31. The van der Waals surface area contributed by atoms with E-state index in [2.05, 4.69) is 20.9 Å². The number of hydrogen-bond donors (Lipinski definition) is 1. The van der Waals surface area contributed by atoms with Gasteiger partial charge in [0, 0.05) is 4.47 Å². The highest BCUT2D eigenvalue weighted by molar-refractivity contribution is 9.10. The highest BCUT2D eigenvalue weighted by atomic mass is 79.9. The molecule has 0 spiro atoms. The highest BCUT2D eigenvalue weighted by Gasteiger charge is 2.13. The number of halogens is 1. The van der Waals surface area contributed by atoms with Gasteiger partial charge < -0.3 is 9.52 Å². The van der Waals surface area contributed by atoms with E-state index in [0.29, 0.717) is 5.89 Å². The molecule has 76 valence electrons. The summed E-state index contributed by atoms with van der Waals surface area (Å²) in [5.41, 5.74) is 0.630. The second kappa shape index (κ2) is 3.86. The van der Waals surface area contributed by atoms with Crippen LogP contribution in [0, 0.1) is 0 Å². The van der Waals surface area contributed by atoms with Crippen LogP contribution in [0.1, 0.15) is 10.5 Å². The third kappa shape index (κ3) is 1.92. The van der Waals surface area contributed by atoms with E-state index in [1.165, 1.54) is 0 Å². The summed E-state index contributed by atoms with van der Waals surface area (Å²) in [6.07, 6.45) is 1.12. The maximum Gasteiger partial charge on any atom is 0.357 e. The minimum Gasteiger partial charge on any atom is -0.476 e. The number of oxazole rings is 1. The monoisotopic (exact) mass is 267 g/mol. The third-order valence-corrected chi connectivity index (χ3v) is 2.52. The normalized spacial score (nSPS) is 10.2. The van der Waals surface area contributed by atoms with E-state index in [0.717, 1.165) is 16.3 Å². The van der Waals surface area contributed by atoms with Gasteiger partial charge in [0.2, 0.25) is 5.89 Å². The maximum absolute atomic E-state index is 10.6. The molecule has 5 heteroatoms. The van der Waals surface area contributed by atoms with E-state index in [-0.39, 0.29) is 5.69 Å². The smallest absolute Gasteiger partial charge is 0.357 e. The van der Waals surface area contributed by atoms with Crippen LogP contribution in [0.4, 0.5) is 0 Å². The summed E-state index contributed by atoms with van der Waals surface area (Å²) in [7, 11) is 0. The summed E-state index contributed by atoms with van der Waals surface area (Å²) in [4.78, 5) is 14.4. The molecule has 1 N–H and O–H groups in total. The predicted octanol–water partition coefficient (Wildman–Crippen LogP) is 2.80. The van der Waals surface area contributed by atoms with Crippen LogP contribution in [-0.2, 0) is 0 Å². The van der Waals surface area contributed by atoms with Crippen molar-refractivity contribution in [2.24, 2.45) is 0 Å². The lowest BCUT2D eigenvalue weighted by Gasteiger charge is -1.97. The molecule has 4 nitrogen and oxygen atoms in total. The summed E-state index contributed by atoms with van der Waals surface area (Å²) >= 11 is 3.33. The van der Waals surface area contributed by atoms with E-state index >= 15 is 0 Å². The Bertz CT molecular complexity index is 507. The number of nitrogens with zero attached hydrogens (tertiary/aromatic N) is 1. The van der Waals surface area contributed by atoms with Crippen LogP contribution in [0.5, 0.6) is 0 Å². The topological polar surface area (TPSA) is 63.3 Å². The van der Waals surface area contributed by atoms with Crippen LogP contribution in [0.3, 0.4) is 0 Å². The lowest BCUT2D eigenvalue weighted by atomic mass is 10.2. The van der Waals surface area contributed by atoms with Gasteiger partial charge in [0.1, 0.15) is 6.26 Å². The highest BCUT2D eigenvalue weighted by Crippen LogP contribution is 2.26. The van der Waals surface area contributed by atoms with Gasteiger partial charge in [-0.1, -0.05) is 12.1 Å². The zero-order valence-corrected chi connectivity index (χ0v) is 9.06. The zero-order chi connectivity index (χ0) is 10.8. The van der Waals surface area contributed by atoms with Crippen LogP contribution < -0.4 is 0 Å². The van der Waals surface area contributed by atoms with Gasteiger partial charge in [0.15, 0.2) is 5.69 Å². The van der Waals surface area contributed by atoms with E-state index < -0.39 is 5.97 Å². The molecule has 2 rings (SSSR count). The van der Waals surface area contributed by atoms with Gasteiger partial charge in [-0.15, -0.1) is 0 Å². The van der Waals surface area contributed by atoms with Crippen LogP contribution in [0.25, 0.3) is 11.5 Å². The Hall–Kier alpha value is -1.62. The predicted molar refractivity (Wildman–Crippen MR) is 56.6 cm³/mol. The molecule has 0 aliphatic carbocycles. The van der Waals surface area contributed by atoms with Gasteiger partial charge in [-0.25, -0.2) is 9.78 Å². The van der Waals surface area contributed by atoms with Gasteiger partial charge in [-0.2, -0.15) is 0 Å². The average Bonchev–Trinajstić information content (AvgIpc) is 2.67. The number of carboxylic acids is 1. The molecule has 1 heterocycles. The Morgan fingerprint density at radius 2 is 2.13 bits per heavy atom. The Balaban J connectivity index is 2.46. The molecule has 0 radical (unpaired) electrons. The Labute approximate surface area is 93.7 Å². The first-order valence-electron chi connectivity index (χ1n) is 4.12. The van der Waals surface area contributed by atoms with Gasteiger partial charge >= 0.3 is 5.97 Å². The second-order valence-electron chi connectivity index (χ2n) is 2.82. The van der Waals surface area contributed by atoms with Gasteiger partial charge in [0.05, 0.1) is 5.56 Å². The molecule has 0 aliphatic rings. The molecular formula is C10H6BrNO3. The molecule has 0 bridgehead atoms. The van der Waals surface area contributed by atoms with Crippen molar-refractivity contribution in [2.75, 3.05) is 0 Å². The lowest BCUT2D eigenvalue weighted by Crippen LogP contribution is -1.95. The third-order valence-electron chi connectivity index (χ3n) is 1.83. The van der Waals surface area contributed by atoms with E-state index in [1.54, 1.807) is 6.07 Å². The lowest BCUT2D eigenvalue weighted by molar-refractivity contribution is 0.0690. The minimum atomic E-state index is -1.10. The maximum atomic E-state index is 10.6. The van der Waals surface area contributed by atoms with Crippen molar-refractivity contribution in [2.45, 2.75) is 0 Å². The molecule has 0 saturated heterocycles. The van der Waals surface area contributed by atoms with E-state index in [1.807, 2.05) is 18.2 Å². The van der Waals surface area contributed by atoms with Crippen molar-refractivity contribution >= 4 is 21.9 Å². The summed E-state index contributed by atoms with van der Waals surface area (Å²) in [5, 5.41) is 8.68. The second-order valence-corrected chi connectivity index (χ2v) is 3.68. The molecule has 0 atom stereocenters. The van der Waals surface area contributed by atoms with Crippen molar-refractivity contribution in [1.82, 2.24) is 4.98 Å². The molecular weight excluding hydrogens is 262 g/mol. The first-order chi connectivity index (χ1) is 7.18. The molecule has 0 amide bonds. The number of carbonyl (C=O) groups is 1. The fourth-order valence-corrected chi connectivity index (χ4v) is 1.58. The van der Waals surface area contributed by atoms with E-state index in [4.69, 9.17) is 9.52 Å². The van der Waals surface area contributed by atoms with Crippen LogP contribution in [0.15, 0.2) is 39.4 Å². The summed E-state index contributed by atoms with van der Waals surface area (Å²) in [5.74, 6) is -0.808. The van der Waals surface area contributed by atoms with Crippen molar-refractivity contribution in [3.05, 3.63) is 40.7 Å². The standard InChI is InChI=1S/C10H6BrNO3/c11-7-4-2-1-3-6(7)9-12-8(5-15-9)10(13)14/h1-5H,(H,13,14). The van der Waals surface area contributed by atoms with Gasteiger partial charge in [-0.3, -0.25) is 0 Å². The summed E-state index contributed by atoms with van der Waals surface area (Å²) < 4.78 is 5.88. The van der Waals surface area contributed by atoms with E-state index in [9.17, 15) is 4.79 Å². The van der Waals surface area contributed by atoms with Crippen LogP contribution in [0.2, 0.25) is 0 Å². The van der Waals surface area contributed by atoms with Crippen molar-refractivity contribution < 1.29 is 14.3 Å². The molecule has 0 saturated carbocycles. The molecule has 0 fully saturated rings. The average molecular weight is 268 g/mol. The molecule has 2 aromatic rings.